The minimum Gasteiger partial charge on any atom is -0.245 e. The SMILES string of the molecule is NS(=O)(=O)N[C@@H]1c2c(Cl)ccc(F)c2C[C@H]1F.NS(=O)(=O)N[C@H]1c2c(Cl)ccc(F)c2C[C@@H]1F. The molecular formula is C18H18Cl2F4N4O4S2. The Bertz CT molecular complexity index is 1230. The number of fused-ring (bicyclic) bond motifs is 2. The molecule has 2 aromatic rings. The topological polar surface area (TPSA) is 144 Å². The van der Waals surface area contributed by atoms with Gasteiger partial charge >= 0.3 is 0 Å². The third-order valence-electron chi connectivity index (χ3n) is 5.22. The first-order valence-electron chi connectivity index (χ1n) is 9.41. The molecule has 0 saturated heterocycles. The van der Waals surface area contributed by atoms with Gasteiger partial charge in [-0.15, -0.1) is 0 Å². The zero-order valence-corrected chi connectivity index (χ0v) is 20.0. The van der Waals surface area contributed by atoms with Crippen LogP contribution in [0.2, 0.25) is 10.0 Å². The standard InChI is InChI=1S/2C9H9ClF2N2O2S/c2*10-5-1-2-6(11)4-3-7(12)9(8(4)5)14-17(13,15)16/h2*1-2,7,9,14H,3H2,(H2,13,15,16)/t2*7-,9+/m10/s1. The maximum atomic E-state index is 13.7. The van der Waals surface area contributed by atoms with Gasteiger partial charge in [0.15, 0.2) is 0 Å². The zero-order valence-electron chi connectivity index (χ0n) is 16.9. The molecule has 6 N–H and O–H groups in total. The lowest BCUT2D eigenvalue weighted by atomic mass is 10.1. The quantitative estimate of drug-likeness (QED) is 0.422. The summed E-state index contributed by atoms with van der Waals surface area (Å²) < 4.78 is 102. The van der Waals surface area contributed by atoms with E-state index in [4.69, 9.17) is 33.5 Å². The third kappa shape index (κ3) is 5.99. The van der Waals surface area contributed by atoms with Crippen LogP contribution in [0.25, 0.3) is 0 Å². The van der Waals surface area contributed by atoms with E-state index in [2.05, 4.69) is 0 Å². The van der Waals surface area contributed by atoms with Crippen LogP contribution in [0, 0.1) is 11.6 Å². The van der Waals surface area contributed by atoms with Crippen molar-refractivity contribution in [3.05, 3.63) is 68.2 Å². The molecule has 0 saturated carbocycles. The molecule has 2 aliphatic carbocycles. The Morgan fingerprint density at radius 3 is 1.35 bits per heavy atom. The molecule has 4 rings (SSSR count). The highest BCUT2D eigenvalue weighted by atomic mass is 35.5. The minimum absolute atomic E-state index is 0.0890. The maximum Gasteiger partial charge on any atom is 0.275 e. The van der Waals surface area contributed by atoms with Crippen LogP contribution in [-0.4, -0.2) is 29.2 Å². The lowest BCUT2D eigenvalue weighted by Gasteiger charge is -2.15. The van der Waals surface area contributed by atoms with Crippen LogP contribution >= 0.6 is 23.2 Å². The van der Waals surface area contributed by atoms with E-state index in [1.54, 1.807) is 0 Å². The van der Waals surface area contributed by atoms with Crippen LogP contribution < -0.4 is 19.7 Å². The molecule has 4 atom stereocenters. The number of nitrogens with two attached hydrogens (primary N) is 2. The Balaban J connectivity index is 0.000000191. The van der Waals surface area contributed by atoms with E-state index in [1.165, 1.54) is 12.1 Å². The Kier molecular flexibility index (Phi) is 7.85. The molecule has 0 unspecified atom stereocenters. The van der Waals surface area contributed by atoms with E-state index in [-0.39, 0.29) is 45.1 Å². The van der Waals surface area contributed by atoms with Crippen molar-refractivity contribution >= 4 is 43.6 Å². The molecule has 0 fully saturated rings. The van der Waals surface area contributed by atoms with Crippen molar-refractivity contribution in [2.24, 2.45) is 10.3 Å². The van der Waals surface area contributed by atoms with Gasteiger partial charge < -0.3 is 0 Å². The summed E-state index contributed by atoms with van der Waals surface area (Å²) in [4.78, 5) is 0. The number of alkyl halides is 2. The largest absolute Gasteiger partial charge is 0.275 e. The zero-order chi connectivity index (χ0) is 25.6. The predicted octanol–water partition coefficient (Wildman–Crippen LogP) is 2.42. The maximum absolute atomic E-state index is 13.7. The fraction of sp³-hybridized carbons (Fsp3) is 0.333. The highest BCUT2D eigenvalue weighted by Crippen LogP contribution is 2.40. The second kappa shape index (κ2) is 9.85. The van der Waals surface area contributed by atoms with Crippen molar-refractivity contribution in [3.8, 4) is 0 Å². The van der Waals surface area contributed by atoms with Gasteiger partial charge in [-0.1, -0.05) is 23.2 Å². The van der Waals surface area contributed by atoms with Crippen LogP contribution in [0.3, 0.4) is 0 Å². The highest BCUT2D eigenvalue weighted by Gasteiger charge is 2.39. The molecule has 0 spiro atoms. The van der Waals surface area contributed by atoms with E-state index in [1.807, 2.05) is 9.44 Å². The van der Waals surface area contributed by atoms with Gasteiger partial charge in [0, 0.05) is 22.9 Å². The fourth-order valence-corrected chi connectivity index (χ4v) is 5.74. The number of benzene rings is 2. The molecule has 34 heavy (non-hydrogen) atoms. The van der Waals surface area contributed by atoms with Gasteiger partial charge in [-0.2, -0.15) is 26.3 Å². The number of rotatable bonds is 4. The van der Waals surface area contributed by atoms with E-state index in [0.29, 0.717) is 0 Å². The van der Waals surface area contributed by atoms with Crippen molar-refractivity contribution in [2.45, 2.75) is 37.3 Å². The van der Waals surface area contributed by atoms with E-state index in [9.17, 15) is 34.4 Å². The molecule has 0 aliphatic heterocycles. The molecule has 0 bridgehead atoms. The summed E-state index contributed by atoms with van der Waals surface area (Å²) in [5.41, 5.74) is 0.415. The van der Waals surface area contributed by atoms with Crippen LogP contribution in [0.5, 0.6) is 0 Å². The van der Waals surface area contributed by atoms with Gasteiger partial charge in [0.2, 0.25) is 0 Å². The lowest BCUT2D eigenvalue weighted by Crippen LogP contribution is -2.37. The van der Waals surface area contributed by atoms with E-state index in [0.717, 1.165) is 12.1 Å². The normalized spacial score (nSPS) is 23.8. The predicted molar refractivity (Wildman–Crippen MR) is 118 cm³/mol. The molecular weight excluding hydrogens is 547 g/mol. The van der Waals surface area contributed by atoms with Crippen molar-refractivity contribution in [1.29, 1.82) is 0 Å². The monoisotopic (exact) mass is 564 g/mol. The lowest BCUT2D eigenvalue weighted by molar-refractivity contribution is 0.289. The summed E-state index contributed by atoms with van der Waals surface area (Å²) in [5, 5.41) is 9.79. The van der Waals surface area contributed by atoms with Gasteiger partial charge in [0.1, 0.15) is 24.0 Å². The Hall–Kier alpha value is -1.52. The molecule has 0 heterocycles. The summed E-state index contributed by atoms with van der Waals surface area (Å²) in [5.74, 6) is -1.21. The second-order valence-corrected chi connectivity index (χ2v) is 11.0. The Morgan fingerprint density at radius 2 is 1.06 bits per heavy atom. The van der Waals surface area contributed by atoms with Crippen LogP contribution in [-0.2, 0) is 33.3 Å². The van der Waals surface area contributed by atoms with Crippen LogP contribution in [0.4, 0.5) is 17.6 Å². The van der Waals surface area contributed by atoms with Crippen molar-refractivity contribution in [3.63, 3.8) is 0 Å². The third-order valence-corrected chi connectivity index (χ3v) is 7.04. The van der Waals surface area contributed by atoms with Gasteiger partial charge in [0.25, 0.3) is 20.4 Å². The molecule has 2 aliphatic rings. The van der Waals surface area contributed by atoms with Gasteiger partial charge in [0.05, 0.1) is 12.1 Å². The number of nitrogens with one attached hydrogen (secondary N) is 2. The summed E-state index contributed by atoms with van der Waals surface area (Å²) in [6, 6.07) is 2.28. The molecule has 0 aromatic heterocycles. The minimum atomic E-state index is -4.08. The molecule has 0 amide bonds. The van der Waals surface area contributed by atoms with Gasteiger partial charge in [-0.05, 0) is 46.5 Å². The Labute approximate surface area is 203 Å². The fourth-order valence-electron chi connectivity index (χ4n) is 3.91. The average molecular weight is 565 g/mol. The first-order chi connectivity index (χ1) is 15.6. The summed E-state index contributed by atoms with van der Waals surface area (Å²) in [6.45, 7) is 0. The average Bonchev–Trinajstić information content (AvgIpc) is 3.19. The molecule has 8 nitrogen and oxygen atoms in total. The van der Waals surface area contributed by atoms with E-state index >= 15 is 0 Å². The number of hydrogen-bond acceptors (Lipinski definition) is 4. The first kappa shape index (κ1) is 27.1. The van der Waals surface area contributed by atoms with Crippen LogP contribution in [0.15, 0.2) is 24.3 Å². The number of halogens is 6. The second-order valence-electron chi connectivity index (χ2n) is 7.56. The van der Waals surface area contributed by atoms with Gasteiger partial charge in [-0.3, -0.25) is 0 Å². The molecule has 16 heteroatoms. The molecule has 2 aromatic carbocycles. The van der Waals surface area contributed by atoms with Crippen molar-refractivity contribution in [1.82, 2.24) is 9.44 Å². The summed E-state index contributed by atoms with van der Waals surface area (Å²) >= 11 is 11.6. The number of hydrogen-bond donors (Lipinski definition) is 4. The molecule has 188 valence electrons. The summed E-state index contributed by atoms with van der Waals surface area (Å²) in [6.07, 6.45) is -3.63. The van der Waals surface area contributed by atoms with Gasteiger partial charge in [-0.25, -0.2) is 27.8 Å². The highest BCUT2D eigenvalue weighted by molar-refractivity contribution is 7.87. The van der Waals surface area contributed by atoms with Crippen LogP contribution in [0.1, 0.15) is 34.3 Å². The first-order valence-corrected chi connectivity index (χ1v) is 13.3. The smallest absolute Gasteiger partial charge is 0.245 e. The van der Waals surface area contributed by atoms with E-state index < -0.39 is 56.5 Å². The molecule has 0 radical (unpaired) electrons. The Morgan fingerprint density at radius 1 is 0.735 bits per heavy atom. The summed E-state index contributed by atoms with van der Waals surface area (Å²) in [7, 11) is -8.17. The van der Waals surface area contributed by atoms with Crippen molar-refractivity contribution in [2.75, 3.05) is 0 Å². The van der Waals surface area contributed by atoms with Crippen molar-refractivity contribution < 1.29 is 34.4 Å².